The summed E-state index contributed by atoms with van der Waals surface area (Å²) >= 11 is 0. The van der Waals surface area contributed by atoms with Crippen LogP contribution in [-0.4, -0.2) is 53.2 Å². The van der Waals surface area contributed by atoms with Gasteiger partial charge in [0.1, 0.15) is 17.9 Å². The molecule has 1 saturated heterocycles. The molecule has 7 heteroatoms. The van der Waals surface area contributed by atoms with Gasteiger partial charge in [0.15, 0.2) is 11.6 Å². The Hall–Kier alpha value is -1.15. The van der Waals surface area contributed by atoms with Gasteiger partial charge < -0.3 is 19.3 Å². The fourth-order valence-electron chi connectivity index (χ4n) is 9.28. The third kappa shape index (κ3) is 2.96. The minimum atomic E-state index is -1.86. The Morgan fingerprint density at radius 3 is 2.54 bits per heavy atom. The maximum absolute atomic E-state index is 17.6. The number of carbonyl (C=O) groups excluding carboxylic acids is 2. The average Bonchev–Trinajstić information content (AvgIpc) is 3.02. The molecule has 0 aromatic carbocycles. The van der Waals surface area contributed by atoms with Gasteiger partial charge in [0.05, 0.1) is 6.10 Å². The molecule has 5 aliphatic rings. The highest BCUT2D eigenvalue weighted by Gasteiger charge is 2.78. The van der Waals surface area contributed by atoms with E-state index in [1.165, 1.54) is 0 Å². The van der Waals surface area contributed by atoms with E-state index in [1.807, 2.05) is 34.6 Å². The Bertz CT molecular complexity index is 965. The number of ether oxygens (including phenoxy) is 3. The molecule has 0 amide bonds. The normalized spacial score (nSPS) is 53.7. The second-order valence-electron chi connectivity index (χ2n) is 12.3. The number of aliphatic hydroxyl groups is 1. The van der Waals surface area contributed by atoms with E-state index in [0.29, 0.717) is 38.7 Å². The van der Waals surface area contributed by atoms with Gasteiger partial charge in [0.2, 0.25) is 0 Å². The number of halogens is 1. The first kappa shape index (κ1) is 25.5. The molecule has 0 aromatic heterocycles. The standard InChI is InChI=1S/C28H41FO6/c1-7-26(33-8-2)34-15-23(32)28(35-26)17(4)12-20-21-11-16(3)19-13-18(30)9-10-24(19,5)27(21,29)22(31)14-25(20,28)6/h13,16-17,20-22,31H,7-12,14-15H2,1-6H3/t16-,17+,20-,21-,22-,24-,25-,26?,27-,28-/m0/s1. The Labute approximate surface area is 207 Å². The first-order chi connectivity index (χ1) is 16.3. The van der Waals surface area contributed by atoms with Gasteiger partial charge in [-0.05, 0) is 56.4 Å². The fraction of sp³-hybridized carbons (Fsp3) is 0.857. The van der Waals surface area contributed by atoms with Gasteiger partial charge >= 0.3 is 0 Å². The zero-order valence-corrected chi connectivity index (χ0v) is 22.0. The first-order valence-corrected chi connectivity index (χ1v) is 13.5. The third-order valence-corrected chi connectivity index (χ3v) is 10.9. The maximum atomic E-state index is 17.6. The summed E-state index contributed by atoms with van der Waals surface area (Å²) in [6, 6.07) is 0. The molecular formula is C28H41FO6. The van der Waals surface area contributed by atoms with E-state index >= 15 is 4.39 Å². The van der Waals surface area contributed by atoms with Crippen molar-refractivity contribution in [1.29, 1.82) is 0 Å². The Balaban J connectivity index is 1.62. The van der Waals surface area contributed by atoms with E-state index in [-0.39, 0.29) is 42.3 Å². The topological polar surface area (TPSA) is 82.1 Å². The van der Waals surface area contributed by atoms with E-state index in [4.69, 9.17) is 14.2 Å². The van der Waals surface area contributed by atoms with Crippen LogP contribution in [-0.2, 0) is 23.8 Å². The van der Waals surface area contributed by atoms with Gasteiger partial charge in [-0.15, -0.1) is 0 Å². The van der Waals surface area contributed by atoms with Crippen LogP contribution in [0.1, 0.15) is 80.1 Å². The summed E-state index contributed by atoms with van der Waals surface area (Å²) in [6.45, 7) is 12.0. The molecule has 4 fully saturated rings. The van der Waals surface area contributed by atoms with Crippen molar-refractivity contribution in [3.8, 4) is 0 Å². The quantitative estimate of drug-likeness (QED) is 0.624. The van der Waals surface area contributed by atoms with Gasteiger partial charge in [-0.1, -0.05) is 40.2 Å². The van der Waals surface area contributed by atoms with Crippen LogP contribution in [0.4, 0.5) is 4.39 Å². The Kier molecular flexibility index (Phi) is 5.77. The SMILES string of the molecule is CCOC1(CC)OCC(=O)[C@@]2(O1)[C@H](C)C[C@H]1[C@@H]3C[C@H](C)C4=CC(=O)CC[C@]4(C)[C@@]3(F)[C@@H](O)C[C@@]12C. The number of ketones is 2. The second-order valence-corrected chi connectivity index (χ2v) is 12.3. The molecule has 5 rings (SSSR count). The molecule has 0 bridgehead atoms. The Morgan fingerprint density at radius 1 is 1.17 bits per heavy atom. The van der Waals surface area contributed by atoms with E-state index in [2.05, 4.69) is 6.92 Å². The lowest BCUT2D eigenvalue weighted by Crippen LogP contribution is -2.73. The average molecular weight is 493 g/mol. The van der Waals surface area contributed by atoms with Crippen molar-refractivity contribution in [2.75, 3.05) is 13.2 Å². The van der Waals surface area contributed by atoms with Crippen LogP contribution in [0.25, 0.3) is 0 Å². The minimum absolute atomic E-state index is 0.0315. The summed E-state index contributed by atoms with van der Waals surface area (Å²) in [7, 11) is 0. The summed E-state index contributed by atoms with van der Waals surface area (Å²) in [5.41, 5.74) is -3.91. The molecule has 4 aliphatic carbocycles. The molecule has 0 radical (unpaired) electrons. The number of hydrogen-bond donors (Lipinski definition) is 1. The van der Waals surface area contributed by atoms with Crippen molar-refractivity contribution in [3.05, 3.63) is 11.6 Å². The van der Waals surface area contributed by atoms with Crippen LogP contribution < -0.4 is 0 Å². The van der Waals surface area contributed by atoms with Crippen LogP contribution in [0, 0.1) is 34.5 Å². The summed E-state index contributed by atoms with van der Waals surface area (Å²) < 4.78 is 36.0. The largest absolute Gasteiger partial charge is 0.390 e. The van der Waals surface area contributed by atoms with Crippen LogP contribution in [0.3, 0.4) is 0 Å². The Morgan fingerprint density at radius 2 is 1.89 bits per heavy atom. The zero-order chi connectivity index (χ0) is 25.6. The van der Waals surface area contributed by atoms with Crippen LogP contribution in [0.15, 0.2) is 11.6 Å². The minimum Gasteiger partial charge on any atom is -0.390 e. The fourth-order valence-corrected chi connectivity index (χ4v) is 9.28. The van der Waals surface area contributed by atoms with Crippen molar-refractivity contribution in [2.24, 2.45) is 34.5 Å². The number of alkyl halides is 1. The van der Waals surface area contributed by atoms with Crippen molar-refractivity contribution < 1.29 is 33.3 Å². The second kappa shape index (κ2) is 7.92. The van der Waals surface area contributed by atoms with Gasteiger partial charge in [-0.25, -0.2) is 4.39 Å². The van der Waals surface area contributed by atoms with Gasteiger partial charge in [0.25, 0.3) is 5.97 Å². The van der Waals surface area contributed by atoms with E-state index < -0.39 is 40.1 Å². The number of rotatable bonds is 3. The van der Waals surface area contributed by atoms with Gasteiger partial charge in [-0.2, -0.15) is 0 Å². The summed E-state index contributed by atoms with van der Waals surface area (Å²) in [4.78, 5) is 26.0. The molecule has 1 aliphatic heterocycles. The summed E-state index contributed by atoms with van der Waals surface area (Å²) in [5, 5.41) is 11.7. The molecule has 1 spiro atoms. The van der Waals surface area contributed by atoms with Crippen LogP contribution in [0.2, 0.25) is 0 Å². The highest BCUT2D eigenvalue weighted by Crippen LogP contribution is 2.73. The number of allylic oxidation sites excluding steroid dienone is 1. The smallest absolute Gasteiger partial charge is 0.284 e. The lowest BCUT2D eigenvalue weighted by molar-refractivity contribution is -0.435. The molecule has 10 atom stereocenters. The highest BCUT2D eigenvalue weighted by atomic mass is 19.1. The third-order valence-electron chi connectivity index (χ3n) is 10.9. The van der Waals surface area contributed by atoms with Gasteiger partial charge in [-0.3, -0.25) is 9.59 Å². The van der Waals surface area contributed by atoms with E-state index in [9.17, 15) is 14.7 Å². The number of Topliss-reactive ketones (excluding diaryl/α,β-unsaturated/α-hetero) is 1. The van der Waals surface area contributed by atoms with Crippen LogP contribution in [0.5, 0.6) is 0 Å². The van der Waals surface area contributed by atoms with Crippen molar-refractivity contribution in [1.82, 2.24) is 0 Å². The van der Waals surface area contributed by atoms with Crippen molar-refractivity contribution in [3.63, 3.8) is 0 Å². The van der Waals surface area contributed by atoms with Gasteiger partial charge in [0, 0.05) is 36.2 Å². The molecule has 1 N–H and O–H groups in total. The number of fused-ring (bicyclic) bond motifs is 6. The number of carbonyl (C=O) groups is 2. The predicted octanol–water partition coefficient (Wildman–Crippen LogP) is 4.53. The van der Waals surface area contributed by atoms with E-state index in [0.717, 1.165) is 5.57 Å². The molecule has 0 aromatic rings. The molecule has 6 nitrogen and oxygen atoms in total. The predicted molar refractivity (Wildman–Crippen MR) is 127 cm³/mol. The lowest BCUT2D eigenvalue weighted by atomic mass is 9.42. The van der Waals surface area contributed by atoms with Crippen molar-refractivity contribution >= 4 is 11.6 Å². The van der Waals surface area contributed by atoms with Crippen LogP contribution >= 0.6 is 0 Å². The first-order valence-electron chi connectivity index (χ1n) is 13.5. The molecule has 35 heavy (non-hydrogen) atoms. The summed E-state index contributed by atoms with van der Waals surface area (Å²) in [6.07, 6.45) is 2.80. The molecule has 1 unspecified atom stereocenters. The molecule has 196 valence electrons. The maximum Gasteiger partial charge on any atom is 0.284 e. The lowest BCUT2D eigenvalue weighted by Gasteiger charge is -2.65. The summed E-state index contributed by atoms with van der Waals surface area (Å²) in [5.74, 6) is -2.16. The van der Waals surface area contributed by atoms with E-state index in [1.54, 1.807) is 6.08 Å². The zero-order valence-electron chi connectivity index (χ0n) is 22.0. The monoisotopic (exact) mass is 492 g/mol. The highest BCUT2D eigenvalue weighted by molar-refractivity contribution is 5.92. The molecular weight excluding hydrogens is 451 g/mol. The molecule has 1 heterocycles. The number of hydrogen-bond acceptors (Lipinski definition) is 6. The molecule has 3 saturated carbocycles. The van der Waals surface area contributed by atoms with Crippen molar-refractivity contribution in [2.45, 2.75) is 103 Å². The number of aliphatic hydroxyl groups excluding tert-OH is 1.